The average molecular weight is 426 g/mol. The molecule has 1 saturated heterocycles. The molecule has 0 unspecified atom stereocenters. The van der Waals surface area contributed by atoms with E-state index in [4.69, 9.17) is 16.3 Å². The molecular formula is C22H24ClN5O2. The highest BCUT2D eigenvalue weighted by Gasteiger charge is 2.25. The number of benzene rings is 1. The number of rotatable bonds is 4. The maximum atomic E-state index is 13.1. The fourth-order valence-electron chi connectivity index (χ4n) is 3.67. The van der Waals surface area contributed by atoms with Crippen molar-refractivity contribution in [1.29, 1.82) is 0 Å². The SMILES string of the molecule is COc1ccc(N2CCN(C(=O)c3nc(-n4nc(C)cc4C)ccc3Cl)CC2)cc1. The Hall–Kier alpha value is -3.06. The number of piperazine rings is 1. The number of amides is 1. The third-order valence-corrected chi connectivity index (χ3v) is 5.57. The van der Waals surface area contributed by atoms with E-state index >= 15 is 0 Å². The maximum absolute atomic E-state index is 13.1. The Labute approximate surface area is 180 Å². The number of aromatic nitrogens is 3. The van der Waals surface area contributed by atoms with Gasteiger partial charge >= 0.3 is 0 Å². The summed E-state index contributed by atoms with van der Waals surface area (Å²) < 4.78 is 6.94. The molecule has 1 aromatic carbocycles. The van der Waals surface area contributed by atoms with E-state index in [0.29, 0.717) is 23.9 Å². The number of hydrogen-bond acceptors (Lipinski definition) is 5. The summed E-state index contributed by atoms with van der Waals surface area (Å²) >= 11 is 6.33. The van der Waals surface area contributed by atoms with Crippen LogP contribution in [0.15, 0.2) is 42.5 Å². The minimum Gasteiger partial charge on any atom is -0.497 e. The number of pyridine rings is 1. The molecule has 8 heteroatoms. The minimum atomic E-state index is -0.155. The topological polar surface area (TPSA) is 63.5 Å². The highest BCUT2D eigenvalue weighted by atomic mass is 35.5. The Morgan fingerprint density at radius 3 is 2.33 bits per heavy atom. The fraction of sp³-hybridized carbons (Fsp3) is 0.318. The van der Waals surface area contributed by atoms with Crippen molar-refractivity contribution in [2.24, 2.45) is 0 Å². The summed E-state index contributed by atoms with van der Waals surface area (Å²) in [5, 5.41) is 4.80. The third kappa shape index (κ3) is 3.98. The second-order valence-electron chi connectivity index (χ2n) is 7.32. The number of methoxy groups -OCH3 is 1. The van der Waals surface area contributed by atoms with E-state index in [-0.39, 0.29) is 11.6 Å². The predicted molar refractivity (Wildman–Crippen MR) is 117 cm³/mol. The number of halogens is 1. The number of nitrogens with zero attached hydrogens (tertiary/aromatic N) is 5. The molecule has 0 radical (unpaired) electrons. The van der Waals surface area contributed by atoms with Crippen LogP contribution in [0.5, 0.6) is 5.75 Å². The van der Waals surface area contributed by atoms with Crippen molar-refractivity contribution >= 4 is 23.2 Å². The van der Waals surface area contributed by atoms with Gasteiger partial charge in [0.15, 0.2) is 5.82 Å². The number of carbonyl (C=O) groups excluding carboxylic acids is 1. The van der Waals surface area contributed by atoms with Crippen LogP contribution in [0.4, 0.5) is 5.69 Å². The first-order chi connectivity index (χ1) is 14.5. The molecule has 0 atom stereocenters. The highest BCUT2D eigenvalue weighted by molar-refractivity contribution is 6.33. The van der Waals surface area contributed by atoms with Crippen molar-refractivity contribution in [3.63, 3.8) is 0 Å². The first-order valence-electron chi connectivity index (χ1n) is 9.85. The lowest BCUT2D eigenvalue weighted by Crippen LogP contribution is -2.49. The number of ether oxygens (including phenoxy) is 1. The Morgan fingerprint density at radius 1 is 1.03 bits per heavy atom. The first-order valence-corrected chi connectivity index (χ1v) is 10.2. The predicted octanol–water partition coefficient (Wildman–Crippen LogP) is 3.51. The molecular weight excluding hydrogens is 402 g/mol. The van der Waals surface area contributed by atoms with Crippen molar-refractivity contribution in [2.75, 3.05) is 38.2 Å². The molecule has 7 nitrogen and oxygen atoms in total. The van der Waals surface area contributed by atoms with Crippen LogP contribution in [0, 0.1) is 13.8 Å². The van der Waals surface area contributed by atoms with Gasteiger partial charge in [0.2, 0.25) is 0 Å². The van der Waals surface area contributed by atoms with E-state index in [0.717, 1.165) is 35.9 Å². The minimum absolute atomic E-state index is 0.155. The van der Waals surface area contributed by atoms with Crippen molar-refractivity contribution < 1.29 is 9.53 Å². The summed E-state index contributed by atoms with van der Waals surface area (Å²) in [6, 6.07) is 13.4. The second kappa shape index (κ2) is 8.36. The zero-order valence-electron chi connectivity index (χ0n) is 17.3. The standard InChI is InChI=1S/C22H24ClN5O2/c1-15-14-16(2)28(25-15)20-9-8-19(23)21(24-20)22(29)27-12-10-26(11-13-27)17-4-6-18(30-3)7-5-17/h4-9,14H,10-13H2,1-3H3. The van der Waals surface area contributed by atoms with Gasteiger partial charge in [0.25, 0.3) is 5.91 Å². The van der Waals surface area contributed by atoms with E-state index in [1.54, 1.807) is 28.8 Å². The smallest absolute Gasteiger partial charge is 0.274 e. The Bertz CT molecular complexity index is 1060. The van der Waals surface area contributed by atoms with Gasteiger partial charge in [0.1, 0.15) is 11.4 Å². The van der Waals surface area contributed by atoms with Gasteiger partial charge in [-0.15, -0.1) is 0 Å². The fourth-order valence-corrected chi connectivity index (χ4v) is 3.86. The summed E-state index contributed by atoms with van der Waals surface area (Å²) in [5.41, 5.74) is 3.23. The lowest BCUT2D eigenvalue weighted by atomic mass is 10.2. The molecule has 0 spiro atoms. The zero-order valence-corrected chi connectivity index (χ0v) is 18.1. The van der Waals surface area contributed by atoms with Crippen LogP contribution >= 0.6 is 11.6 Å². The molecule has 3 heterocycles. The maximum Gasteiger partial charge on any atom is 0.274 e. The van der Waals surface area contributed by atoms with Gasteiger partial charge in [-0.05, 0) is 56.3 Å². The zero-order chi connectivity index (χ0) is 21.3. The molecule has 1 aliphatic heterocycles. The van der Waals surface area contributed by atoms with Crippen LogP contribution in [0.1, 0.15) is 21.9 Å². The number of hydrogen-bond donors (Lipinski definition) is 0. The van der Waals surface area contributed by atoms with E-state index in [9.17, 15) is 4.79 Å². The van der Waals surface area contributed by atoms with E-state index in [1.165, 1.54) is 0 Å². The molecule has 1 fully saturated rings. The number of aryl methyl sites for hydroxylation is 2. The summed E-state index contributed by atoms with van der Waals surface area (Å²) in [6.45, 7) is 6.57. The van der Waals surface area contributed by atoms with Crippen LogP contribution in [0.2, 0.25) is 5.02 Å². The molecule has 0 aliphatic carbocycles. The van der Waals surface area contributed by atoms with Gasteiger partial charge in [-0.25, -0.2) is 9.67 Å². The molecule has 30 heavy (non-hydrogen) atoms. The molecule has 1 aliphatic rings. The van der Waals surface area contributed by atoms with Gasteiger partial charge in [0, 0.05) is 37.6 Å². The molecule has 4 rings (SSSR count). The summed E-state index contributed by atoms with van der Waals surface area (Å²) in [4.78, 5) is 21.7. The molecule has 3 aromatic rings. The molecule has 1 amide bonds. The molecule has 156 valence electrons. The molecule has 0 N–H and O–H groups in total. The van der Waals surface area contributed by atoms with E-state index in [2.05, 4.69) is 15.0 Å². The number of anilines is 1. The quantitative estimate of drug-likeness (QED) is 0.640. The van der Waals surface area contributed by atoms with Crippen LogP contribution in [0.3, 0.4) is 0 Å². The molecule has 0 saturated carbocycles. The first kappa shape index (κ1) is 20.2. The largest absolute Gasteiger partial charge is 0.497 e. The molecule has 0 bridgehead atoms. The second-order valence-corrected chi connectivity index (χ2v) is 7.72. The van der Waals surface area contributed by atoms with Crippen molar-refractivity contribution in [2.45, 2.75) is 13.8 Å². The van der Waals surface area contributed by atoms with Gasteiger partial charge in [0.05, 0.1) is 17.8 Å². The normalized spacial score (nSPS) is 14.1. The van der Waals surface area contributed by atoms with Crippen LogP contribution in [-0.2, 0) is 0 Å². The van der Waals surface area contributed by atoms with E-state index in [1.807, 2.05) is 44.2 Å². The van der Waals surface area contributed by atoms with Crippen molar-refractivity contribution in [3.8, 4) is 11.6 Å². The third-order valence-electron chi connectivity index (χ3n) is 5.26. The van der Waals surface area contributed by atoms with Gasteiger partial charge in [-0.3, -0.25) is 4.79 Å². The lowest BCUT2D eigenvalue weighted by Gasteiger charge is -2.36. The monoisotopic (exact) mass is 425 g/mol. The highest BCUT2D eigenvalue weighted by Crippen LogP contribution is 2.23. The van der Waals surface area contributed by atoms with Crippen molar-refractivity contribution in [3.05, 3.63) is 64.6 Å². The van der Waals surface area contributed by atoms with Crippen LogP contribution in [-0.4, -0.2) is 58.9 Å². The Balaban J connectivity index is 1.48. The lowest BCUT2D eigenvalue weighted by molar-refractivity contribution is 0.0741. The van der Waals surface area contributed by atoms with Gasteiger partial charge in [-0.2, -0.15) is 5.10 Å². The van der Waals surface area contributed by atoms with Gasteiger partial charge < -0.3 is 14.5 Å². The summed E-state index contributed by atoms with van der Waals surface area (Å²) in [5.74, 6) is 1.26. The number of carbonyl (C=O) groups is 1. The van der Waals surface area contributed by atoms with Gasteiger partial charge in [-0.1, -0.05) is 11.6 Å². The molecule has 2 aromatic heterocycles. The van der Waals surface area contributed by atoms with Crippen LogP contribution < -0.4 is 9.64 Å². The van der Waals surface area contributed by atoms with Crippen LogP contribution in [0.25, 0.3) is 5.82 Å². The Kier molecular flexibility index (Phi) is 5.63. The summed E-state index contributed by atoms with van der Waals surface area (Å²) in [7, 11) is 1.66. The van der Waals surface area contributed by atoms with Crippen molar-refractivity contribution in [1.82, 2.24) is 19.7 Å². The average Bonchev–Trinajstić information content (AvgIpc) is 3.11. The Morgan fingerprint density at radius 2 is 1.73 bits per heavy atom. The van der Waals surface area contributed by atoms with E-state index < -0.39 is 0 Å². The summed E-state index contributed by atoms with van der Waals surface area (Å²) in [6.07, 6.45) is 0.